The van der Waals surface area contributed by atoms with Crippen molar-refractivity contribution >= 4 is 24.3 Å². The topological polar surface area (TPSA) is 69.6 Å². The number of hydrogen-bond donors (Lipinski definition) is 2. The van der Waals surface area contributed by atoms with E-state index in [0.717, 1.165) is 18.5 Å². The van der Waals surface area contributed by atoms with E-state index in [-0.39, 0.29) is 36.2 Å². The molecule has 0 radical (unpaired) electrons. The van der Waals surface area contributed by atoms with Gasteiger partial charge in [-0.3, -0.25) is 14.5 Å². The van der Waals surface area contributed by atoms with Gasteiger partial charge in [0, 0.05) is 6.54 Å². The maximum atomic E-state index is 12.9. The molecule has 2 rings (SSSR count). The second-order valence-corrected chi connectivity index (χ2v) is 6.13. The molecule has 1 heterocycles. The van der Waals surface area contributed by atoms with Gasteiger partial charge in [-0.1, -0.05) is 12.1 Å². The van der Waals surface area contributed by atoms with Gasteiger partial charge >= 0.3 is 5.97 Å². The quantitative estimate of drug-likeness (QED) is 0.848. The number of hydrogen-bond acceptors (Lipinski definition) is 3. The Morgan fingerprint density at radius 2 is 1.92 bits per heavy atom. The smallest absolute Gasteiger partial charge is 0.307 e. The molecule has 7 heteroatoms. The molecular formula is C17H24ClFN2O3. The minimum Gasteiger partial charge on any atom is -0.481 e. The standard InChI is InChI=1S/C17H23FN2O3.ClH/c1-11(13-5-7-15(18)8-6-13)19-16(21)12(2)20-9-3-4-14(10-20)17(22)23;/h5-8,11-12,14H,3-4,9-10H2,1-2H3,(H,19,21)(H,22,23);1H. The van der Waals surface area contributed by atoms with Crippen LogP contribution in [0.2, 0.25) is 0 Å². The van der Waals surface area contributed by atoms with Crippen LogP contribution in [0.4, 0.5) is 4.39 Å². The van der Waals surface area contributed by atoms with E-state index in [4.69, 9.17) is 5.11 Å². The van der Waals surface area contributed by atoms with Gasteiger partial charge in [-0.25, -0.2) is 4.39 Å². The zero-order valence-electron chi connectivity index (χ0n) is 13.9. The van der Waals surface area contributed by atoms with Gasteiger partial charge in [-0.15, -0.1) is 12.4 Å². The van der Waals surface area contributed by atoms with Crippen molar-refractivity contribution in [3.63, 3.8) is 0 Å². The Morgan fingerprint density at radius 1 is 1.29 bits per heavy atom. The lowest BCUT2D eigenvalue weighted by Gasteiger charge is -2.35. The van der Waals surface area contributed by atoms with Crippen LogP contribution in [0.3, 0.4) is 0 Å². The van der Waals surface area contributed by atoms with E-state index in [1.54, 1.807) is 19.1 Å². The molecule has 1 fully saturated rings. The van der Waals surface area contributed by atoms with Gasteiger partial charge < -0.3 is 10.4 Å². The van der Waals surface area contributed by atoms with Crippen molar-refractivity contribution < 1.29 is 19.1 Å². The molecule has 1 aromatic rings. The summed E-state index contributed by atoms with van der Waals surface area (Å²) in [6, 6.07) is 5.40. The summed E-state index contributed by atoms with van der Waals surface area (Å²) in [6.07, 6.45) is 1.44. The zero-order valence-corrected chi connectivity index (χ0v) is 14.7. The molecule has 0 bridgehead atoms. The molecule has 134 valence electrons. The predicted molar refractivity (Wildman–Crippen MR) is 91.6 cm³/mol. The summed E-state index contributed by atoms with van der Waals surface area (Å²) >= 11 is 0. The summed E-state index contributed by atoms with van der Waals surface area (Å²) < 4.78 is 12.9. The maximum Gasteiger partial charge on any atom is 0.307 e. The van der Waals surface area contributed by atoms with E-state index < -0.39 is 11.9 Å². The predicted octanol–water partition coefficient (Wildman–Crippen LogP) is 2.61. The molecule has 1 aliphatic heterocycles. The van der Waals surface area contributed by atoms with Crippen LogP contribution in [0.5, 0.6) is 0 Å². The molecule has 0 aliphatic carbocycles. The minimum absolute atomic E-state index is 0. The first-order chi connectivity index (χ1) is 10.9. The van der Waals surface area contributed by atoms with Crippen LogP contribution >= 0.6 is 12.4 Å². The lowest BCUT2D eigenvalue weighted by atomic mass is 9.97. The molecule has 1 aromatic carbocycles. The van der Waals surface area contributed by atoms with Crippen molar-refractivity contribution in [1.29, 1.82) is 0 Å². The highest BCUT2D eigenvalue weighted by molar-refractivity contribution is 5.85. The molecular weight excluding hydrogens is 335 g/mol. The van der Waals surface area contributed by atoms with Gasteiger partial charge in [-0.05, 0) is 50.9 Å². The average molecular weight is 359 g/mol. The van der Waals surface area contributed by atoms with Gasteiger partial charge in [0.25, 0.3) is 0 Å². The number of carboxylic acids is 1. The summed E-state index contributed by atoms with van der Waals surface area (Å²) in [5, 5.41) is 12.0. The third-order valence-corrected chi connectivity index (χ3v) is 4.46. The Labute approximate surface area is 147 Å². The van der Waals surface area contributed by atoms with Crippen molar-refractivity contribution in [2.75, 3.05) is 13.1 Å². The number of nitrogens with zero attached hydrogens (tertiary/aromatic N) is 1. The van der Waals surface area contributed by atoms with Crippen molar-refractivity contribution in [2.24, 2.45) is 5.92 Å². The number of piperidine rings is 1. The average Bonchev–Trinajstić information content (AvgIpc) is 2.54. The Bertz CT molecular complexity index is 567. The van der Waals surface area contributed by atoms with Gasteiger partial charge in [0.1, 0.15) is 5.82 Å². The second kappa shape index (κ2) is 8.99. The fourth-order valence-electron chi connectivity index (χ4n) is 2.89. The summed E-state index contributed by atoms with van der Waals surface area (Å²) in [5.41, 5.74) is 0.828. The van der Waals surface area contributed by atoms with E-state index in [1.807, 2.05) is 11.8 Å². The Hall–Kier alpha value is -1.66. The molecule has 1 amide bonds. The number of rotatable bonds is 5. The number of likely N-dealkylation sites (tertiary alicyclic amines) is 1. The number of nitrogens with one attached hydrogen (secondary N) is 1. The molecule has 0 aromatic heterocycles. The summed E-state index contributed by atoms with van der Waals surface area (Å²) in [6.45, 7) is 4.75. The fraction of sp³-hybridized carbons (Fsp3) is 0.529. The van der Waals surface area contributed by atoms with Crippen LogP contribution in [-0.4, -0.2) is 41.0 Å². The third-order valence-electron chi connectivity index (χ3n) is 4.46. The zero-order chi connectivity index (χ0) is 17.0. The van der Waals surface area contributed by atoms with Gasteiger partial charge in [0.05, 0.1) is 18.0 Å². The third kappa shape index (κ3) is 5.18. The van der Waals surface area contributed by atoms with Crippen LogP contribution in [0.25, 0.3) is 0 Å². The summed E-state index contributed by atoms with van der Waals surface area (Å²) in [4.78, 5) is 25.4. The number of aliphatic carboxylic acids is 1. The normalized spacial score (nSPS) is 20.5. The first kappa shape index (κ1) is 20.4. The lowest BCUT2D eigenvalue weighted by Crippen LogP contribution is -2.50. The van der Waals surface area contributed by atoms with Crippen molar-refractivity contribution in [2.45, 2.75) is 38.8 Å². The second-order valence-electron chi connectivity index (χ2n) is 6.13. The molecule has 1 saturated heterocycles. The Morgan fingerprint density at radius 3 is 2.50 bits per heavy atom. The molecule has 24 heavy (non-hydrogen) atoms. The first-order valence-electron chi connectivity index (χ1n) is 7.91. The maximum absolute atomic E-state index is 12.9. The monoisotopic (exact) mass is 358 g/mol. The molecule has 5 nitrogen and oxygen atoms in total. The van der Waals surface area contributed by atoms with E-state index in [2.05, 4.69) is 5.32 Å². The molecule has 3 atom stereocenters. The number of halogens is 2. The number of carbonyl (C=O) groups is 2. The van der Waals surface area contributed by atoms with E-state index in [0.29, 0.717) is 13.0 Å². The molecule has 0 spiro atoms. The van der Waals surface area contributed by atoms with E-state index in [9.17, 15) is 14.0 Å². The Kier molecular flexibility index (Phi) is 7.63. The first-order valence-corrected chi connectivity index (χ1v) is 7.91. The number of amides is 1. The number of carboxylic acid groups (broad SMARTS) is 1. The van der Waals surface area contributed by atoms with E-state index in [1.165, 1.54) is 12.1 Å². The molecule has 0 saturated carbocycles. The molecule has 3 unspecified atom stereocenters. The van der Waals surface area contributed by atoms with Crippen molar-refractivity contribution in [3.05, 3.63) is 35.6 Å². The van der Waals surface area contributed by atoms with Gasteiger partial charge in [0.2, 0.25) is 5.91 Å². The highest BCUT2D eigenvalue weighted by Gasteiger charge is 2.31. The van der Waals surface area contributed by atoms with Crippen molar-refractivity contribution in [3.8, 4) is 0 Å². The fourth-order valence-corrected chi connectivity index (χ4v) is 2.89. The van der Waals surface area contributed by atoms with Crippen molar-refractivity contribution in [1.82, 2.24) is 10.2 Å². The largest absolute Gasteiger partial charge is 0.481 e. The van der Waals surface area contributed by atoms with Crippen LogP contribution in [0.15, 0.2) is 24.3 Å². The lowest BCUT2D eigenvalue weighted by molar-refractivity contribution is -0.145. The van der Waals surface area contributed by atoms with Gasteiger partial charge in [-0.2, -0.15) is 0 Å². The van der Waals surface area contributed by atoms with E-state index >= 15 is 0 Å². The number of carbonyl (C=O) groups excluding carboxylic acids is 1. The highest BCUT2D eigenvalue weighted by atomic mass is 35.5. The Balaban J connectivity index is 0.00000288. The van der Waals surface area contributed by atoms with Crippen LogP contribution in [0, 0.1) is 11.7 Å². The van der Waals surface area contributed by atoms with Gasteiger partial charge in [0.15, 0.2) is 0 Å². The number of benzene rings is 1. The molecule has 1 aliphatic rings. The van der Waals surface area contributed by atoms with Crippen LogP contribution in [-0.2, 0) is 9.59 Å². The minimum atomic E-state index is -0.804. The summed E-state index contributed by atoms with van der Waals surface area (Å²) in [7, 11) is 0. The van der Waals surface area contributed by atoms with Crippen LogP contribution in [0.1, 0.15) is 38.3 Å². The summed E-state index contributed by atoms with van der Waals surface area (Å²) in [5.74, 6) is -1.67. The molecule has 2 N–H and O–H groups in total. The SMILES string of the molecule is CC(NC(=O)C(C)N1CCCC(C(=O)O)C1)c1ccc(F)cc1.Cl. The van der Waals surface area contributed by atoms with Crippen LogP contribution < -0.4 is 5.32 Å². The highest BCUT2D eigenvalue weighted by Crippen LogP contribution is 2.19.